The number of terminal acetylenes is 1. The second-order valence-electron chi connectivity index (χ2n) is 6.26. The van der Waals surface area contributed by atoms with Crippen molar-refractivity contribution in [2.75, 3.05) is 13.1 Å². The molecular formula is C22H25NO2S. The molecule has 0 saturated carbocycles. The molecule has 4 heteroatoms. The lowest BCUT2D eigenvalue weighted by Gasteiger charge is -2.20. The van der Waals surface area contributed by atoms with Crippen LogP contribution in [0, 0.1) is 19.3 Å². The van der Waals surface area contributed by atoms with Gasteiger partial charge in [0.1, 0.15) is 0 Å². The van der Waals surface area contributed by atoms with E-state index in [0.717, 1.165) is 5.56 Å². The van der Waals surface area contributed by atoms with Crippen molar-refractivity contribution in [3.63, 3.8) is 0 Å². The van der Waals surface area contributed by atoms with E-state index in [-0.39, 0.29) is 5.92 Å². The summed E-state index contributed by atoms with van der Waals surface area (Å²) in [5, 5.41) is 0. The van der Waals surface area contributed by atoms with Gasteiger partial charge in [0.25, 0.3) is 0 Å². The SMILES string of the molecule is C#CCCN(C/C=C/C(C)c1ccccc1)S(=O)(=O)c1ccc(C)cc1. The number of hydrogen-bond donors (Lipinski definition) is 0. The molecule has 0 fully saturated rings. The van der Waals surface area contributed by atoms with E-state index in [1.807, 2.05) is 37.3 Å². The monoisotopic (exact) mass is 367 g/mol. The van der Waals surface area contributed by atoms with Crippen LogP contribution in [-0.4, -0.2) is 25.8 Å². The fourth-order valence-electron chi connectivity index (χ4n) is 2.61. The lowest BCUT2D eigenvalue weighted by molar-refractivity contribution is 0.449. The molecule has 0 N–H and O–H groups in total. The number of benzene rings is 2. The van der Waals surface area contributed by atoms with E-state index in [4.69, 9.17) is 6.42 Å². The molecule has 0 aliphatic carbocycles. The zero-order chi connectivity index (χ0) is 19.0. The Bertz CT molecular complexity index is 863. The van der Waals surface area contributed by atoms with Gasteiger partial charge >= 0.3 is 0 Å². The van der Waals surface area contributed by atoms with Crippen molar-refractivity contribution in [1.82, 2.24) is 4.31 Å². The lowest BCUT2D eigenvalue weighted by Crippen LogP contribution is -2.32. The van der Waals surface area contributed by atoms with E-state index < -0.39 is 10.0 Å². The van der Waals surface area contributed by atoms with Gasteiger partial charge in [-0.05, 0) is 30.5 Å². The van der Waals surface area contributed by atoms with E-state index in [1.54, 1.807) is 24.3 Å². The zero-order valence-corrected chi connectivity index (χ0v) is 16.1. The molecule has 3 nitrogen and oxygen atoms in total. The van der Waals surface area contributed by atoms with Crippen molar-refractivity contribution in [1.29, 1.82) is 0 Å². The molecular weight excluding hydrogens is 342 g/mol. The highest BCUT2D eigenvalue weighted by molar-refractivity contribution is 7.89. The molecule has 0 amide bonds. The first-order valence-corrected chi connectivity index (χ1v) is 10.1. The predicted octanol–water partition coefficient (Wildman–Crippen LogP) is 4.37. The Morgan fingerprint density at radius 2 is 1.77 bits per heavy atom. The van der Waals surface area contributed by atoms with Gasteiger partial charge in [-0.2, -0.15) is 4.31 Å². The van der Waals surface area contributed by atoms with Crippen molar-refractivity contribution in [2.45, 2.75) is 31.1 Å². The number of nitrogens with zero attached hydrogens (tertiary/aromatic N) is 1. The average Bonchev–Trinajstić information content (AvgIpc) is 2.65. The van der Waals surface area contributed by atoms with E-state index >= 15 is 0 Å². The Morgan fingerprint density at radius 3 is 2.38 bits per heavy atom. The predicted molar refractivity (Wildman–Crippen MR) is 107 cm³/mol. The molecule has 136 valence electrons. The fraction of sp³-hybridized carbons (Fsp3) is 0.273. The van der Waals surface area contributed by atoms with Crippen LogP contribution in [0.25, 0.3) is 0 Å². The highest BCUT2D eigenvalue weighted by atomic mass is 32.2. The third kappa shape index (κ3) is 5.32. The van der Waals surface area contributed by atoms with Crippen LogP contribution in [0.15, 0.2) is 71.6 Å². The van der Waals surface area contributed by atoms with E-state index in [9.17, 15) is 8.42 Å². The maximum Gasteiger partial charge on any atom is 0.243 e. The summed E-state index contributed by atoms with van der Waals surface area (Å²) in [7, 11) is -3.57. The molecule has 0 saturated heterocycles. The summed E-state index contributed by atoms with van der Waals surface area (Å²) >= 11 is 0. The molecule has 0 aliphatic rings. The first kappa shape index (κ1) is 20.0. The quantitative estimate of drug-likeness (QED) is 0.513. The van der Waals surface area contributed by atoms with Gasteiger partial charge in [-0.15, -0.1) is 12.3 Å². The molecule has 0 aromatic heterocycles. The molecule has 0 heterocycles. The molecule has 0 bridgehead atoms. The summed E-state index contributed by atoms with van der Waals surface area (Å²) in [5.74, 6) is 2.74. The van der Waals surface area contributed by atoms with E-state index in [0.29, 0.717) is 24.4 Å². The Kier molecular flexibility index (Phi) is 7.20. The minimum Gasteiger partial charge on any atom is -0.207 e. The van der Waals surface area contributed by atoms with Crippen molar-refractivity contribution >= 4 is 10.0 Å². The maximum atomic E-state index is 12.9. The smallest absolute Gasteiger partial charge is 0.207 e. The van der Waals surface area contributed by atoms with Crippen LogP contribution in [0.5, 0.6) is 0 Å². The molecule has 0 radical (unpaired) electrons. The molecule has 0 spiro atoms. The largest absolute Gasteiger partial charge is 0.243 e. The molecule has 1 unspecified atom stereocenters. The Hall–Kier alpha value is -2.35. The van der Waals surface area contributed by atoms with Crippen LogP contribution < -0.4 is 0 Å². The Labute approximate surface area is 157 Å². The summed E-state index contributed by atoms with van der Waals surface area (Å²) < 4.78 is 27.3. The van der Waals surface area contributed by atoms with Crippen LogP contribution in [0.3, 0.4) is 0 Å². The van der Waals surface area contributed by atoms with Crippen LogP contribution in [-0.2, 0) is 10.0 Å². The normalized spacial score (nSPS) is 13.0. The van der Waals surface area contributed by atoms with Crippen LogP contribution in [0.1, 0.15) is 30.4 Å². The van der Waals surface area contributed by atoms with Gasteiger partial charge in [0, 0.05) is 19.5 Å². The van der Waals surface area contributed by atoms with Gasteiger partial charge in [-0.25, -0.2) is 8.42 Å². The highest BCUT2D eigenvalue weighted by Crippen LogP contribution is 2.19. The third-order valence-electron chi connectivity index (χ3n) is 4.22. The number of aryl methyl sites for hydroxylation is 1. The van der Waals surface area contributed by atoms with Crippen LogP contribution in [0.4, 0.5) is 0 Å². The van der Waals surface area contributed by atoms with Gasteiger partial charge in [0.15, 0.2) is 0 Å². The van der Waals surface area contributed by atoms with Gasteiger partial charge in [-0.3, -0.25) is 0 Å². The second kappa shape index (κ2) is 9.38. The minimum absolute atomic E-state index is 0.216. The topological polar surface area (TPSA) is 37.4 Å². The standard InChI is InChI=1S/C22H25NO2S/c1-4-5-17-23(26(24,25)22-15-13-19(2)14-16-22)18-9-10-20(3)21-11-7-6-8-12-21/h1,6-16,20H,5,17-18H2,2-3H3/b10-9+. The Morgan fingerprint density at radius 1 is 1.12 bits per heavy atom. The van der Waals surface area contributed by atoms with Crippen molar-refractivity contribution in [3.05, 3.63) is 77.9 Å². The number of rotatable bonds is 8. The fourth-order valence-corrected chi connectivity index (χ4v) is 4.00. The van der Waals surface area contributed by atoms with E-state index in [2.05, 4.69) is 25.0 Å². The summed E-state index contributed by atoms with van der Waals surface area (Å²) in [4.78, 5) is 0.296. The lowest BCUT2D eigenvalue weighted by atomic mass is 10.0. The summed E-state index contributed by atoms with van der Waals surface area (Å²) in [6, 6.07) is 17.0. The zero-order valence-electron chi connectivity index (χ0n) is 15.3. The average molecular weight is 368 g/mol. The van der Waals surface area contributed by atoms with Crippen LogP contribution in [0.2, 0.25) is 0 Å². The first-order chi connectivity index (χ1) is 12.4. The molecule has 2 aromatic carbocycles. The highest BCUT2D eigenvalue weighted by Gasteiger charge is 2.22. The van der Waals surface area contributed by atoms with Gasteiger partial charge < -0.3 is 0 Å². The number of hydrogen-bond acceptors (Lipinski definition) is 2. The van der Waals surface area contributed by atoms with Crippen molar-refractivity contribution < 1.29 is 8.42 Å². The van der Waals surface area contributed by atoms with Gasteiger partial charge in [0.05, 0.1) is 4.90 Å². The van der Waals surface area contributed by atoms with E-state index in [1.165, 1.54) is 9.87 Å². The molecule has 2 aromatic rings. The summed E-state index contributed by atoms with van der Waals surface area (Å²) in [5.41, 5.74) is 2.22. The third-order valence-corrected chi connectivity index (χ3v) is 6.10. The Balaban J connectivity index is 2.15. The molecule has 26 heavy (non-hydrogen) atoms. The second-order valence-corrected chi connectivity index (χ2v) is 8.20. The van der Waals surface area contributed by atoms with Gasteiger partial charge in [-0.1, -0.05) is 67.1 Å². The number of allylic oxidation sites excluding steroid dienone is 1. The number of sulfonamides is 1. The van der Waals surface area contributed by atoms with Crippen molar-refractivity contribution in [2.24, 2.45) is 0 Å². The summed E-state index contributed by atoms with van der Waals surface area (Å²) in [6.07, 6.45) is 9.66. The molecule has 2 rings (SSSR count). The van der Waals surface area contributed by atoms with Crippen molar-refractivity contribution in [3.8, 4) is 12.3 Å². The maximum absolute atomic E-state index is 12.9. The molecule has 1 atom stereocenters. The van der Waals surface area contributed by atoms with Crippen LogP contribution >= 0.6 is 0 Å². The first-order valence-electron chi connectivity index (χ1n) is 8.67. The van der Waals surface area contributed by atoms with Gasteiger partial charge in [0.2, 0.25) is 10.0 Å². The molecule has 0 aliphatic heterocycles. The minimum atomic E-state index is -3.57. The summed E-state index contributed by atoms with van der Waals surface area (Å²) in [6.45, 7) is 4.62.